The predicted molar refractivity (Wildman–Crippen MR) is 50.2 cm³/mol. The van der Waals surface area contributed by atoms with Crippen molar-refractivity contribution in [2.75, 3.05) is 0 Å². The van der Waals surface area contributed by atoms with Crippen molar-refractivity contribution in [3.63, 3.8) is 0 Å². The lowest BCUT2D eigenvalue weighted by Gasteiger charge is -2.15. The molecule has 72 valence electrons. The fraction of sp³-hybridized carbons (Fsp3) is 0.500. The maximum atomic E-state index is 9.48. The van der Waals surface area contributed by atoms with E-state index in [2.05, 4.69) is 4.98 Å². The Balaban J connectivity index is 2.50. The zero-order chi connectivity index (χ0) is 9.68. The summed E-state index contributed by atoms with van der Waals surface area (Å²) in [5, 5.41) is 18.8. The second-order valence-electron chi connectivity index (χ2n) is 3.07. The second kappa shape index (κ2) is 4.94. The lowest BCUT2D eigenvalue weighted by molar-refractivity contribution is 0.0176. The molecule has 0 saturated heterocycles. The average Bonchev–Trinajstić information content (AvgIpc) is 2.18. The van der Waals surface area contributed by atoms with Gasteiger partial charge in [-0.15, -0.1) is 0 Å². The highest BCUT2D eigenvalue weighted by Gasteiger charge is 2.14. The summed E-state index contributed by atoms with van der Waals surface area (Å²) in [7, 11) is 0. The molecule has 3 heteroatoms. The first kappa shape index (κ1) is 10.2. The summed E-state index contributed by atoms with van der Waals surface area (Å²) in [6, 6.07) is 5.53. The van der Waals surface area contributed by atoms with Gasteiger partial charge in [-0.1, -0.05) is 13.0 Å². The molecular weight excluding hydrogens is 166 g/mol. The summed E-state index contributed by atoms with van der Waals surface area (Å²) in [6.45, 7) is 1.84. The summed E-state index contributed by atoms with van der Waals surface area (Å²) < 4.78 is 0. The maximum absolute atomic E-state index is 9.48. The van der Waals surface area contributed by atoms with Crippen LogP contribution in [0, 0.1) is 0 Å². The highest BCUT2D eigenvalue weighted by molar-refractivity contribution is 5.04. The normalized spacial score (nSPS) is 15.3. The third kappa shape index (κ3) is 3.13. The minimum atomic E-state index is -0.708. The lowest BCUT2D eigenvalue weighted by atomic mass is 10.1. The van der Waals surface area contributed by atoms with Crippen molar-refractivity contribution < 1.29 is 10.2 Å². The third-order valence-corrected chi connectivity index (χ3v) is 2.01. The molecule has 0 aliphatic rings. The van der Waals surface area contributed by atoms with E-state index in [9.17, 15) is 10.2 Å². The number of rotatable bonds is 4. The van der Waals surface area contributed by atoms with Crippen LogP contribution in [0.2, 0.25) is 0 Å². The number of aliphatic hydroxyl groups is 2. The molecule has 13 heavy (non-hydrogen) atoms. The lowest BCUT2D eigenvalue weighted by Crippen LogP contribution is -2.27. The molecule has 0 aromatic carbocycles. The molecule has 0 amide bonds. The summed E-state index contributed by atoms with van der Waals surface area (Å²) in [6.07, 6.45) is 1.30. The van der Waals surface area contributed by atoms with Crippen molar-refractivity contribution in [3.05, 3.63) is 30.1 Å². The predicted octanol–water partition coefficient (Wildman–Crippen LogP) is 0.756. The molecule has 0 fully saturated rings. The number of aliphatic hydroxyl groups excluding tert-OH is 2. The Hall–Kier alpha value is -0.930. The van der Waals surface area contributed by atoms with Gasteiger partial charge in [-0.25, -0.2) is 0 Å². The standard InChI is InChI=1S/C10H15NO2/c1-2-9(12)10(13)7-8-5-3-4-6-11-8/h3-6,9-10,12-13H,2,7H2,1H3. The van der Waals surface area contributed by atoms with Crippen LogP contribution in [0.4, 0.5) is 0 Å². The van der Waals surface area contributed by atoms with Crippen molar-refractivity contribution >= 4 is 0 Å². The van der Waals surface area contributed by atoms with Gasteiger partial charge in [0.1, 0.15) is 0 Å². The van der Waals surface area contributed by atoms with Crippen LogP contribution < -0.4 is 0 Å². The molecule has 0 aliphatic carbocycles. The minimum absolute atomic E-state index is 0.413. The van der Waals surface area contributed by atoms with Crippen molar-refractivity contribution in [2.24, 2.45) is 0 Å². The van der Waals surface area contributed by atoms with Crippen LogP contribution in [-0.2, 0) is 6.42 Å². The number of hydrogen-bond donors (Lipinski definition) is 2. The number of aromatic nitrogens is 1. The van der Waals surface area contributed by atoms with Crippen LogP contribution in [0.1, 0.15) is 19.0 Å². The fourth-order valence-electron chi connectivity index (χ4n) is 1.14. The molecule has 1 heterocycles. The van der Waals surface area contributed by atoms with E-state index < -0.39 is 12.2 Å². The largest absolute Gasteiger partial charge is 0.390 e. The average molecular weight is 181 g/mol. The smallest absolute Gasteiger partial charge is 0.0854 e. The van der Waals surface area contributed by atoms with Crippen LogP contribution in [0.5, 0.6) is 0 Å². The fourth-order valence-corrected chi connectivity index (χ4v) is 1.14. The molecule has 2 atom stereocenters. The molecule has 1 rings (SSSR count). The van der Waals surface area contributed by atoms with Gasteiger partial charge in [0.25, 0.3) is 0 Å². The summed E-state index contributed by atoms with van der Waals surface area (Å²) in [4.78, 5) is 4.06. The topological polar surface area (TPSA) is 53.4 Å². The summed E-state index contributed by atoms with van der Waals surface area (Å²) >= 11 is 0. The molecule has 0 radical (unpaired) electrons. The van der Waals surface area contributed by atoms with Gasteiger partial charge < -0.3 is 10.2 Å². The van der Waals surface area contributed by atoms with Crippen LogP contribution in [0.15, 0.2) is 24.4 Å². The Morgan fingerprint density at radius 2 is 2.08 bits per heavy atom. The molecule has 0 saturated carbocycles. The highest BCUT2D eigenvalue weighted by atomic mass is 16.3. The van der Waals surface area contributed by atoms with E-state index in [1.807, 2.05) is 25.1 Å². The van der Waals surface area contributed by atoms with Gasteiger partial charge in [-0.05, 0) is 18.6 Å². The summed E-state index contributed by atoms with van der Waals surface area (Å²) in [5.74, 6) is 0. The van der Waals surface area contributed by atoms with E-state index in [0.29, 0.717) is 12.8 Å². The first-order valence-electron chi connectivity index (χ1n) is 4.50. The van der Waals surface area contributed by atoms with Gasteiger partial charge in [0.15, 0.2) is 0 Å². The van der Waals surface area contributed by atoms with Gasteiger partial charge >= 0.3 is 0 Å². The van der Waals surface area contributed by atoms with Crippen molar-refractivity contribution in [3.8, 4) is 0 Å². The molecule has 0 spiro atoms. The third-order valence-electron chi connectivity index (χ3n) is 2.01. The molecular formula is C10H15NO2. The van der Waals surface area contributed by atoms with Crippen LogP contribution in [0.3, 0.4) is 0 Å². The zero-order valence-corrected chi connectivity index (χ0v) is 7.72. The zero-order valence-electron chi connectivity index (χ0n) is 7.72. The minimum Gasteiger partial charge on any atom is -0.390 e. The monoisotopic (exact) mass is 181 g/mol. The Labute approximate surface area is 78.1 Å². The van der Waals surface area contributed by atoms with Gasteiger partial charge in [-0.2, -0.15) is 0 Å². The molecule has 2 unspecified atom stereocenters. The van der Waals surface area contributed by atoms with Gasteiger partial charge in [0.2, 0.25) is 0 Å². The molecule has 2 N–H and O–H groups in total. The van der Waals surface area contributed by atoms with Gasteiger partial charge in [-0.3, -0.25) is 4.98 Å². The molecule has 1 aromatic rings. The van der Waals surface area contributed by atoms with E-state index in [-0.39, 0.29) is 0 Å². The van der Waals surface area contributed by atoms with E-state index in [4.69, 9.17) is 0 Å². The first-order chi connectivity index (χ1) is 6.24. The SMILES string of the molecule is CCC(O)C(O)Cc1ccccn1. The number of pyridine rings is 1. The first-order valence-corrected chi connectivity index (χ1v) is 4.50. The van der Waals surface area contributed by atoms with Gasteiger partial charge in [0, 0.05) is 18.3 Å². The Bertz CT molecular complexity index is 238. The van der Waals surface area contributed by atoms with Crippen LogP contribution in [-0.4, -0.2) is 27.4 Å². The summed E-state index contributed by atoms with van der Waals surface area (Å²) in [5.41, 5.74) is 0.808. The Kier molecular flexibility index (Phi) is 3.86. The van der Waals surface area contributed by atoms with Crippen LogP contribution in [0.25, 0.3) is 0 Å². The Morgan fingerprint density at radius 1 is 1.31 bits per heavy atom. The number of nitrogens with zero attached hydrogens (tertiary/aromatic N) is 1. The number of hydrogen-bond acceptors (Lipinski definition) is 3. The van der Waals surface area contributed by atoms with Crippen molar-refractivity contribution in [2.45, 2.75) is 32.0 Å². The quantitative estimate of drug-likeness (QED) is 0.721. The highest BCUT2D eigenvalue weighted by Crippen LogP contribution is 2.05. The second-order valence-corrected chi connectivity index (χ2v) is 3.07. The molecule has 1 aromatic heterocycles. The van der Waals surface area contributed by atoms with E-state index >= 15 is 0 Å². The van der Waals surface area contributed by atoms with Crippen LogP contribution >= 0.6 is 0 Å². The van der Waals surface area contributed by atoms with Crippen molar-refractivity contribution in [1.29, 1.82) is 0 Å². The maximum Gasteiger partial charge on any atom is 0.0854 e. The molecule has 3 nitrogen and oxygen atoms in total. The van der Waals surface area contributed by atoms with E-state index in [1.54, 1.807) is 6.20 Å². The van der Waals surface area contributed by atoms with E-state index in [1.165, 1.54) is 0 Å². The molecule has 0 aliphatic heterocycles. The van der Waals surface area contributed by atoms with Gasteiger partial charge in [0.05, 0.1) is 12.2 Å². The van der Waals surface area contributed by atoms with Crippen molar-refractivity contribution in [1.82, 2.24) is 4.98 Å². The molecule has 0 bridgehead atoms. The van der Waals surface area contributed by atoms with E-state index in [0.717, 1.165) is 5.69 Å². The Morgan fingerprint density at radius 3 is 2.62 bits per heavy atom.